The van der Waals surface area contributed by atoms with Gasteiger partial charge in [-0.05, 0) is 43.1 Å². The van der Waals surface area contributed by atoms with Crippen LogP contribution >= 0.6 is 0 Å². The molecule has 0 bridgehead atoms. The molecular formula is C14H20O. The van der Waals surface area contributed by atoms with Gasteiger partial charge in [-0.25, -0.2) is 0 Å². The number of hydrogen-bond donors (Lipinski definition) is 1. The third-order valence-corrected chi connectivity index (χ3v) is 3.49. The van der Waals surface area contributed by atoms with Crippen LogP contribution in [0.15, 0.2) is 30.3 Å². The van der Waals surface area contributed by atoms with Gasteiger partial charge in [0.2, 0.25) is 0 Å². The number of hydrogen-bond acceptors (Lipinski definition) is 1. The number of benzene rings is 1. The highest BCUT2D eigenvalue weighted by atomic mass is 16.3. The van der Waals surface area contributed by atoms with Crippen LogP contribution in [0.3, 0.4) is 0 Å². The van der Waals surface area contributed by atoms with Crippen molar-refractivity contribution in [3.05, 3.63) is 35.9 Å². The molecule has 1 aliphatic rings. The van der Waals surface area contributed by atoms with Gasteiger partial charge in [0.15, 0.2) is 0 Å². The lowest BCUT2D eigenvalue weighted by molar-refractivity contribution is 0.155. The number of rotatable bonds is 5. The molecule has 1 fully saturated rings. The first-order chi connectivity index (χ1) is 7.31. The standard InChI is InChI=1S/C14H20O/c1-2-13(15)9-8-12-10-14(12)11-6-4-3-5-7-11/h3-7,12-15H,2,8-10H2,1H3. The quantitative estimate of drug-likeness (QED) is 0.780. The van der Waals surface area contributed by atoms with Crippen molar-refractivity contribution >= 4 is 0 Å². The smallest absolute Gasteiger partial charge is 0.0537 e. The molecule has 1 aliphatic carbocycles. The molecule has 3 atom stereocenters. The highest BCUT2D eigenvalue weighted by Gasteiger charge is 2.37. The van der Waals surface area contributed by atoms with Gasteiger partial charge in [0.25, 0.3) is 0 Å². The first-order valence-electron chi connectivity index (χ1n) is 6.04. The average Bonchev–Trinajstić information content (AvgIpc) is 3.06. The van der Waals surface area contributed by atoms with E-state index >= 15 is 0 Å². The van der Waals surface area contributed by atoms with E-state index in [0.717, 1.165) is 24.7 Å². The maximum atomic E-state index is 9.49. The lowest BCUT2D eigenvalue weighted by Gasteiger charge is -2.06. The van der Waals surface area contributed by atoms with E-state index in [4.69, 9.17) is 0 Å². The zero-order valence-electron chi connectivity index (χ0n) is 9.39. The molecule has 0 heterocycles. The molecule has 1 N–H and O–H groups in total. The molecule has 3 unspecified atom stereocenters. The van der Waals surface area contributed by atoms with Gasteiger partial charge in [0.05, 0.1) is 6.10 Å². The molecule has 0 aliphatic heterocycles. The molecule has 0 radical (unpaired) electrons. The summed E-state index contributed by atoms with van der Waals surface area (Å²) in [7, 11) is 0. The average molecular weight is 204 g/mol. The fraction of sp³-hybridized carbons (Fsp3) is 0.571. The van der Waals surface area contributed by atoms with E-state index < -0.39 is 0 Å². The normalized spacial score (nSPS) is 26.3. The summed E-state index contributed by atoms with van der Waals surface area (Å²) < 4.78 is 0. The molecule has 0 spiro atoms. The summed E-state index contributed by atoms with van der Waals surface area (Å²) in [5.74, 6) is 1.60. The minimum absolute atomic E-state index is 0.0815. The minimum atomic E-state index is -0.0815. The lowest BCUT2D eigenvalue weighted by Crippen LogP contribution is -2.04. The number of aliphatic hydroxyl groups excluding tert-OH is 1. The Hall–Kier alpha value is -0.820. The summed E-state index contributed by atoms with van der Waals surface area (Å²) in [6.45, 7) is 2.05. The van der Waals surface area contributed by atoms with Crippen LogP contribution in [-0.4, -0.2) is 11.2 Å². The summed E-state index contributed by atoms with van der Waals surface area (Å²) in [5.41, 5.74) is 1.48. The summed E-state index contributed by atoms with van der Waals surface area (Å²) in [4.78, 5) is 0. The molecule has 0 amide bonds. The zero-order valence-corrected chi connectivity index (χ0v) is 9.39. The second-order valence-corrected chi connectivity index (χ2v) is 4.65. The highest BCUT2D eigenvalue weighted by molar-refractivity contribution is 5.25. The van der Waals surface area contributed by atoms with Crippen molar-refractivity contribution in [3.63, 3.8) is 0 Å². The van der Waals surface area contributed by atoms with Crippen LogP contribution in [0.4, 0.5) is 0 Å². The van der Waals surface area contributed by atoms with Crippen LogP contribution in [0.5, 0.6) is 0 Å². The van der Waals surface area contributed by atoms with Crippen molar-refractivity contribution in [3.8, 4) is 0 Å². The zero-order chi connectivity index (χ0) is 10.7. The summed E-state index contributed by atoms with van der Waals surface area (Å²) in [6.07, 6.45) is 4.30. The second-order valence-electron chi connectivity index (χ2n) is 4.65. The first kappa shape index (κ1) is 10.7. The maximum Gasteiger partial charge on any atom is 0.0537 e. The molecule has 82 valence electrons. The predicted molar refractivity (Wildman–Crippen MR) is 62.8 cm³/mol. The van der Waals surface area contributed by atoms with Gasteiger partial charge in [-0.2, -0.15) is 0 Å². The van der Waals surface area contributed by atoms with Gasteiger partial charge in [-0.1, -0.05) is 37.3 Å². The van der Waals surface area contributed by atoms with Crippen LogP contribution in [-0.2, 0) is 0 Å². The van der Waals surface area contributed by atoms with E-state index in [1.54, 1.807) is 0 Å². The van der Waals surface area contributed by atoms with E-state index in [1.165, 1.54) is 18.4 Å². The molecule has 15 heavy (non-hydrogen) atoms. The Morgan fingerprint density at radius 1 is 1.33 bits per heavy atom. The molecule has 1 saturated carbocycles. The third-order valence-electron chi connectivity index (χ3n) is 3.49. The van der Waals surface area contributed by atoms with E-state index in [1.807, 2.05) is 6.92 Å². The Kier molecular flexibility index (Phi) is 3.42. The minimum Gasteiger partial charge on any atom is -0.393 e. The van der Waals surface area contributed by atoms with Crippen LogP contribution in [0.2, 0.25) is 0 Å². The Labute approximate surface area is 92.1 Å². The lowest BCUT2D eigenvalue weighted by atomic mass is 10.0. The van der Waals surface area contributed by atoms with Gasteiger partial charge in [0, 0.05) is 0 Å². The topological polar surface area (TPSA) is 20.2 Å². The van der Waals surface area contributed by atoms with Crippen molar-refractivity contribution < 1.29 is 5.11 Å². The second kappa shape index (κ2) is 4.80. The largest absolute Gasteiger partial charge is 0.393 e. The molecule has 0 aromatic heterocycles. The molecule has 1 aromatic rings. The molecule has 0 saturated heterocycles. The van der Waals surface area contributed by atoms with Crippen LogP contribution in [0.25, 0.3) is 0 Å². The van der Waals surface area contributed by atoms with Gasteiger partial charge in [0.1, 0.15) is 0 Å². The Balaban J connectivity index is 1.77. The van der Waals surface area contributed by atoms with Crippen molar-refractivity contribution in [2.45, 2.75) is 44.6 Å². The Morgan fingerprint density at radius 3 is 2.73 bits per heavy atom. The Bertz CT molecular complexity index is 293. The molecule has 1 nitrogen and oxygen atoms in total. The van der Waals surface area contributed by atoms with Crippen molar-refractivity contribution in [2.75, 3.05) is 0 Å². The van der Waals surface area contributed by atoms with E-state index in [-0.39, 0.29) is 6.10 Å². The van der Waals surface area contributed by atoms with Gasteiger partial charge < -0.3 is 5.11 Å². The fourth-order valence-electron chi connectivity index (χ4n) is 2.29. The van der Waals surface area contributed by atoms with Crippen LogP contribution in [0, 0.1) is 5.92 Å². The molecule has 1 aromatic carbocycles. The predicted octanol–water partition coefficient (Wildman–Crippen LogP) is 3.34. The van der Waals surface area contributed by atoms with Crippen molar-refractivity contribution in [2.24, 2.45) is 5.92 Å². The fourth-order valence-corrected chi connectivity index (χ4v) is 2.29. The summed E-state index contributed by atoms with van der Waals surface area (Å²) >= 11 is 0. The third kappa shape index (κ3) is 2.82. The molecule has 2 rings (SSSR count). The van der Waals surface area contributed by atoms with Gasteiger partial charge >= 0.3 is 0 Å². The first-order valence-corrected chi connectivity index (χ1v) is 6.04. The van der Waals surface area contributed by atoms with Gasteiger partial charge in [-0.3, -0.25) is 0 Å². The van der Waals surface area contributed by atoms with Crippen LogP contribution in [0.1, 0.15) is 44.1 Å². The monoisotopic (exact) mass is 204 g/mol. The van der Waals surface area contributed by atoms with E-state index in [2.05, 4.69) is 30.3 Å². The number of aliphatic hydroxyl groups is 1. The van der Waals surface area contributed by atoms with Gasteiger partial charge in [-0.15, -0.1) is 0 Å². The van der Waals surface area contributed by atoms with Crippen molar-refractivity contribution in [1.82, 2.24) is 0 Å². The Morgan fingerprint density at radius 2 is 2.07 bits per heavy atom. The molecule has 1 heteroatoms. The molecular weight excluding hydrogens is 184 g/mol. The van der Waals surface area contributed by atoms with E-state index in [0.29, 0.717) is 0 Å². The summed E-state index contributed by atoms with van der Waals surface area (Å²) in [6, 6.07) is 10.8. The van der Waals surface area contributed by atoms with Crippen LogP contribution < -0.4 is 0 Å². The van der Waals surface area contributed by atoms with Crippen molar-refractivity contribution in [1.29, 1.82) is 0 Å². The maximum absolute atomic E-state index is 9.49. The highest BCUT2D eigenvalue weighted by Crippen LogP contribution is 2.50. The van der Waals surface area contributed by atoms with E-state index in [9.17, 15) is 5.11 Å². The summed E-state index contributed by atoms with van der Waals surface area (Å²) in [5, 5.41) is 9.49. The SMILES string of the molecule is CCC(O)CCC1CC1c1ccccc1.